The third kappa shape index (κ3) is 3.35. The van der Waals surface area contributed by atoms with Crippen LogP contribution in [-0.2, 0) is 11.3 Å². The number of pyridine rings is 1. The number of methoxy groups -OCH3 is 1. The number of ether oxygens (including phenoxy) is 1. The Morgan fingerprint density at radius 1 is 1.32 bits per heavy atom. The molecule has 2 heterocycles. The molecule has 0 saturated heterocycles. The predicted octanol–water partition coefficient (Wildman–Crippen LogP) is 2.29. The topological polar surface area (TPSA) is 72.7 Å². The lowest BCUT2D eigenvalue weighted by Gasteiger charge is -2.07. The van der Waals surface area contributed by atoms with E-state index in [0.717, 1.165) is 23.3 Å². The van der Waals surface area contributed by atoms with Gasteiger partial charge in [0.25, 0.3) is 11.7 Å². The SMILES string of the molecule is COc1ccc(F)cc1C(=O)C(=O)NCc1cn2cccc(C)c2n1. The number of carbonyl (C=O) groups is 2. The van der Waals surface area contributed by atoms with Crippen molar-refractivity contribution in [2.75, 3.05) is 7.11 Å². The second-order valence-corrected chi connectivity index (χ2v) is 5.51. The van der Waals surface area contributed by atoms with Crippen molar-refractivity contribution >= 4 is 17.3 Å². The fourth-order valence-corrected chi connectivity index (χ4v) is 2.52. The molecule has 25 heavy (non-hydrogen) atoms. The number of rotatable bonds is 5. The number of hydrogen-bond acceptors (Lipinski definition) is 4. The van der Waals surface area contributed by atoms with Crippen molar-refractivity contribution in [2.45, 2.75) is 13.5 Å². The van der Waals surface area contributed by atoms with Gasteiger partial charge in [0.15, 0.2) is 0 Å². The Kier molecular flexibility index (Phi) is 4.47. The zero-order valence-electron chi connectivity index (χ0n) is 13.7. The average molecular weight is 341 g/mol. The third-order valence-electron chi connectivity index (χ3n) is 3.77. The van der Waals surface area contributed by atoms with Gasteiger partial charge in [-0.25, -0.2) is 9.37 Å². The molecule has 7 heteroatoms. The molecule has 3 aromatic rings. The standard InChI is InChI=1S/C18H16FN3O3/c1-11-4-3-7-22-10-13(21-17(11)22)9-20-18(24)16(23)14-8-12(19)5-6-15(14)25-2/h3-8,10H,9H2,1-2H3,(H,20,24). The van der Waals surface area contributed by atoms with Crippen molar-refractivity contribution in [3.63, 3.8) is 0 Å². The van der Waals surface area contributed by atoms with Crippen molar-refractivity contribution in [1.29, 1.82) is 0 Å². The van der Waals surface area contributed by atoms with Crippen LogP contribution in [0, 0.1) is 12.7 Å². The quantitative estimate of drug-likeness (QED) is 0.571. The number of amides is 1. The second-order valence-electron chi connectivity index (χ2n) is 5.51. The summed E-state index contributed by atoms with van der Waals surface area (Å²) in [6.45, 7) is 2.02. The maximum absolute atomic E-state index is 13.4. The summed E-state index contributed by atoms with van der Waals surface area (Å²) in [5, 5.41) is 2.51. The Hall–Kier alpha value is -3.22. The van der Waals surface area contributed by atoms with E-state index in [-0.39, 0.29) is 17.9 Å². The highest BCUT2D eigenvalue weighted by atomic mass is 19.1. The number of aromatic nitrogens is 2. The van der Waals surface area contributed by atoms with Gasteiger partial charge < -0.3 is 14.5 Å². The van der Waals surface area contributed by atoms with E-state index in [1.165, 1.54) is 13.2 Å². The number of nitrogens with one attached hydrogen (secondary N) is 1. The summed E-state index contributed by atoms with van der Waals surface area (Å²) in [5.74, 6) is -2.19. The van der Waals surface area contributed by atoms with E-state index in [0.29, 0.717) is 5.69 Å². The molecule has 1 N–H and O–H groups in total. The van der Waals surface area contributed by atoms with Crippen LogP contribution in [0.2, 0.25) is 0 Å². The number of halogens is 1. The second kappa shape index (κ2) is 6.72. The molecule has 0 aliphatic rings. The summed E-state index contributed by atoms with van der Waals surface area (Å²) in [4.78, 5) is 28.8. The van der Waals surface area contributed by atoms with Crippen molar-refractivity contribution < 1.29 is 18.7 Å². The van der Waals surface area contributed by atoms with Crippen LogP contribution in [0.5, 0.6) is 5.75 Å². The smallest absolute Gasteiger partial charge is 0.292 e. The first-order valence-corrected chi connectivity index (χ1v) is 7.59. The van der Waals surface area contributed by atoms with Crippen LogP contribution < -0.4 is 10.1 Å². The van der Waals surface area contributed by atoms with E-state index >= 15 is 0 Å². The van der Waals surface area contributed by atoms with E-state index in [4.69, 9.17) is 4.74 Å². The molecule has 0 unspecified atom stereocenters. The Morgan fingerprint density at radius 3 is 2.84 bits per heavy atom. The predicted molar refractivity (Wildman–Crippen MR) is 89.1 cm³/mol. The highest BCUT2D eigenvalue weighted by Gasteiger charge is 2.21. The van der Waals surface area contributed by atoms with Crippen LogP contribution in [0.15, 0.2) is 42.7 Å². The lowest BCUT2D eigenvalue weighted by Crippen LogP contribution is -2.31. The number of aryl methyl sites for hydroxylation is 1. The highest BCUT2D eigenvalue weighted by Crippen LogP contribution is 2.20. The Labute approximate surface area is 143 Å². The van der Waals surface area contributed by atoms with E-state index in [1.54, 1.807) is 6.20 Å². The van der Waals surface area contributed by atoms with Crippen molar-refractivity contribution in [3.8, 4) is 5.75 Å². The van der Waals surface area contributed by atoms with Crippen LogP contribution in [0.25, 0.3) is 5.65 Å². The van der Waals surface area contributed by atoms with Gasteiger partial charge in [0, 0.05) is 12.4 Å². The summed E-state index contributed by atoms with van der Waals surface area (Å²) in [5.41, 5.74) is 2.28. The van der Waals surface area contributed by atoms with Gasteiger partial charge in [-0.1, -0.05) is 6.07 Å². The summed E-state index contributed by atoms with van der Waals surface area (Å²) in [6.07, 6.45) is 3.62. The summed E-state index contributed by atoms with van der Waals surface area (Å²) in [7, 11) is 1.35. The minimum Gasteiger partial charge on any atom is -0.496 e. The molecule has 0 radical (unpaired) electrons. The monoisotopic (exact) mass is 341 g/mol. The molecule has 0 atom stereocenters. The molecular formula is C18H16FN3O3. The number of hydrogen-bond donors (Lipinski definition) is 1. The van der Waals surface area contributed by atoms with E-state index in [9.17, 15) is 14.0 Å². The molecule has 2 aromatic heterocycles. The lowest BCUT2D eigenvalue weighted by atomic mass is 10.1. The van der Waals surface area contributed by atoms with Crippen LogP contribution in [0.3, 0.4) is 0 Å². The molecule has 0 aliphatic heterocycles. The molecule has 0 spiro atoms. The maximum Gasteiger partial charge on any atom is 0.292 e. The fourth-order valence-electron chi connectivity index (χ4n) is 2.52. The molecule has 3 rings (SSSR count). The number of ketones is 1. The molecule has 128 valence electrons. The number of fused-ring (bicyclic) bond motifs is 1. The van der Waals surface area contributed by atoms with Gasteiger partial charge in [0.2, 0.25) is 0 Å². The van der Waals surface area contributed by atoms with Crippen molar-refractivity contribution in [2.24, 2.45) is 0 Å². The number of carbonyl (C=O) groups excluding carboxylic acids is 2. The number of imidazole rings is 1. The molecule has 0 fully saturated rings. The molecule has 0 aliphatic carbocycles. The number of Topliss-reactive ketones (excluding diaryl/α,β-unsaturated/α-hetero) is 1. The summed E-state index contributed by atoms with van der Waals surface area (Å²) >= 11 is 0. The Morgan fingerprint density at radius 2 is 2.12 bits per heavy atom. The summed E-state index contributed by atoms with van der Waals surface area (Å²) < 4.78 is 20.2. The first-order valence-electron chi connectivity index (χ1n) is 7.59. The fraction of sp³-hybridized carbons (Fsp3) is 0.167. The van der Waals surface area contributed by atoms with E-state index in [2.05, 4.69) is 10.3 Å². The lowest BCUT2D eigenvalue weighted by molar-refractivity contribution is -0.117. The largest absolute Gasteiger partial charge is 0.496 e. The zero-order chi connectivity index (χ0) is 18.0. The number of nitrogens with zero attached hydrogens (tertiary/aromatic N) is 2. The first-order chi connectivity index (χ1) is 12.0. The summed E-state index contributed by atoms with van der Waals surface area (Å²) in [6, 6.07) is 7.28. The third-order valence-corrected chi connectivity index (χ3v) is 3.77. The minimum absolute atomic E-state index is 0.0866. The molecule has 0 saturated carbocycles. The minimum atomic E-state index is -0.865. The molecule has 1 aromatic carbocycles. The van der Waals surface area contributed by atoms with Gasteiger partial charge in [-0.3, -0.25) is 9.59 Å². The van der Waals surface area contributed by atoms with Gasteiger partial charge in [-0.2, -0.15) is 0 Å². The average Bonchev–Trinajstić information content (AvgIpc) is 3.03. The molecule has 0 bridgehead atoms. The van der Waals surface area contributed by atoms with Crippen LogP contribution in [0.1, 0.15) is 21.6 Å². The normalized spacial score (nSPS) is 10.7. The van der Waals surface area contributed by atoms with Crippen LogP contribution in [0.4, 0.5) is 4.39 Å². The van der Waals surface area contributed by atoms with E-state index < -0.39 is 17.5 Å². The van der Waals surface area contributed by atoms with Crippen LogP contribution in [-0.4, -0.2) is 28.2 Å². The molecule has 1 amide bonds. The number of benzene rings is 1. The van der Waals surface area contributed by atoms with E-state index in [1.807, 2.05) is 29.7 Å². The first kappa shape index (κ1) is 16.6. The Bertz CT molecular complexity index is 965. The van der Waals surface area contributed by atoms with Gasteiger partial charge >= 0.3 is 0 Å². The maximum atomic E-state index is 13.4. The Balaban J connectivity index is 1.74. The van der Waals surface area contributed by atoms with Crippen molar-refractivity contribution in [3.05, 3.63) is 65.4 Å². The zero-order valence-corrected chi connectivity index (χ0v) is 13.7. The van der Waals surface area contributed by atoms with Gasteiger partial charge in [0.05, 0.1) is 24.9 Å². The molecule has 6 nitrogen and oxygen atoms in total. The van der Waals surface area contributed by atoms with Crippen LogP contribution >= 0.6 is 0 Å². The van der Waals surface area contributed by atoms with Crippen molar-refractivity contribution in [1.82, 2.24) is 14.7 Å². The van der Waals surface area contributed by atoms with Gasteiger partial charge in [0.1, 0.15) is 17.2 Å². The highest BCUT2D eigenvalue weighted by molar-refractivity contribution is 6.43. The van der Waals surface area contributed by atoms with Gasteiger partial charge in [-0.15, -0.1) is 0 Å². The van der Waals surface area contributed by atoms with Gasteiger partial charge in [-0.05, 0) is 36.8 Å². The molecular weight excluding hydrogens is 325 g/mol.